The van der Waals surface area contributed by atoms with E-state index in [1.807, 2.05) is 12.1 Å². The molecule has 4 aliphatic carbocycles. The maximum absolute atomic E-state index is 13.3. The lowest BCUT2D eigenvalue weighted by atomic mass is 9.51. The third-order valence-corrected chi connectivity index (χ3v) is 7.99. The zero-order valence-corrected chi connectivity index (χ0v) is 17.5. The van der Waals surface area contributed by atoms with Gasteiger partial charge in [0, 0.05) is 25.6 Å². The van der Waals surface area contributed by atoms with Crippen molar-refractivity contribution in [3.8, 4) is 5.75 Å². The molecule has 1 saturated heterocycles. The number of nitrogens with zero attached hydrogens (tertiary/aromatic N) is 1. The third-order valence-electron chi connectivity index (χ3n) is 7.99. The Labute approximate surface area is 174 Å². The maximum Gasteiger partial charge on any atom is 0.223 e. The molecule has 1 N–H and O–H groups in total. The van der Waals surface area contributed by atoms with Gasteiger partial charge in [0.1, 0.15) is 5.75 Å². The minimum atomic E-state index is 0.186. The smallest absolute Gasteiger partial charge is 0.223 e. The van der Waals surface area contributed by atoms with E-state index >= 15 is 0 Å². The first-order valence-corrected chi connectivity index (χ1v) is 11.4. The summed E-state index contributed by atoms with van der Waals surface area (Å²) >= 11 is 0. The topological polar surface area (TPSA) is 50.8 Å². The van der Waals surface area contributed by atoms with Crippen molar-refractivity contribution in [3.05, 3.63) is 29.8 Å². The second kappa shape index (κ2) is 8.27. The summed E-state index contributed by atoms with van der Waals surface area (Å²) in [6, 6.07) is 8.48. The monoisotopic (exact) mass is 398 g/mol. The molecule has 1 aromatic rings. The summed E-state index contributed by atoms with van der Waals surface area (Å²) in [6.45, 7) is 4.01. The fourth-order valence-electron chi connectivity index (χ4n) is 6.84. The highest BCUT2D eigenvalue weighted by Crippen LogP contribution is 2.56. The molecule has 5 aliphatic rings. The van der Waals surface area contributed by atoms with Gasteiger partial charge in [-0.25, -0.2) is 0 Å². The van der Waals surface area contributed by atoms with Crippen LogP contribution < -0.4 is 10.1 Å². The van der Waals surface area contributed by atoms with Gasteiger partial charge in [0.2, 0.25) is 5.91 Å². The Morgan fingerprint density at radius 2 is 1.69 bits per heavy atom. The predicted molar refractivity (Wildman–Crippen MR) is 112 cm³/mol. The number of carbonyl (C=O) groups is 1. The Morgan fingerprint density at radius 1 is 1.07 bits per heavy atom. The fraction of sp³-hybridized carbons (Fsp3) is 0.708. The number of morpholine rings is 1. The number of amides is 1. The molecule has 1 amide bonds. The van der Waals surface area contributed by atoms with Gasteiger partial charge in [0.05, 0.1) is 26.4 Å². The Bertz CT molecular complexity index is 685. The van der Waals surface area contributed by atoms with Crippen LogP contribution in [0.1, 0.15) is 43.7 Å². The van der Waals surface area contributed by atoms with Crippen molar-refractivity contribution in [1.29, 1.82) is 0 Å². The molecule has 1 heterocycles. The molecule has 0 radical (unpaired) electrons. The van der Waals surface area contributed by atoms with E-state index in [0.29, 0.717) is 24.3 Å². The zero-order valence-electron chi connectivity index (χ0n) is 17.5. The molecule has 5 nitrogen and oxygen atoms in total. The summed E-state index contributed by atoms with van der Waals surface area (Å²) < 4.78 is 10.9. The first-order valence-electron chi connectivity index (χ1n) is 11.4. The van der Waals surface area contributed by atoms with Gasteiger partial charge in [-0.3, -0.25) is 9.69 Å². The molecule has 4 saturated carbocycles. The van der Waals surface area contributed by atoms with Crippen LogP contribution in [0.5, 0.6) is 5.75 Å². The minimum absolute atomic E-state index is 0.186. The van der Waals surface area contributed by atoms with Crippen molar-refractivity contribution >= 4 is 5.91 Å². The SMILES string of the molecule is COc1ccc(C(CNC(=O)C2C3CC4CC(C3)CC2C4)N2CCOCC2)cc1. The van der Waals surface area contributed by atoms with Crippen LogP contribution in [0.4, 0.5) is 0 Å². The Hall–Kier alpha value is -1.59. The summed E-state index contributed by atoms with van der Waals surface area (Å²) in [5.41, 5.74) is 1.23. The summed E-state index contributed by atoms with van der Waals surface area (Å²) in [5, 5.41) is 3.38. The van der Waals surface area contributed by atoms with Gasteiger partial charge in [0.15, 0.2) is 0 Å². The first kappa shape index (κ1) is 19.4. The summed E-state index contributed by atoms with van der Waals surface area (Å²) in [5.74, 6) is 4.51. The lowest BCUT2D eigenvalue weighted by Crippen LogP contribution is -2.52. The molecule has 5 fully saturated rings. The van der Waals surface area contributed by atoms with Gasteiger partial charge in [-0.1, -0.05) is 12.1 Å². The van der Waals surface area contributed by atoms with Crippen LogP contribution in [0, 0.1) is 29.6 Å². The van der Waals surface area contributed by atoms with Gasteiger partial charge in [0.25, 0.3) is 0 Å². The first-order chi connectivity index (χ1) is 14.2. The zero-order chi connectivity index (χ0) is 19.8. The average Bonchev–Trinajstić information content (AvgIpc) is 2.74. The van der Waals surface area contributed by atoms with Crippen LogP contribution in [-0.2, 0) is 9.53 Å². The largest absolute Gasteiger partial charge is 0.497 e. The normalized spacial score (nSPS) is 34.7. The fourth-order valence-corrected chi connectivity index (χ4v) is 6.84. The molecule has 5 heteroatoms. The van der Waals surface area contributed by atoms with Crippen molar-refractivity contribution < 1.29 is 14.3 Å². The van der Waals surface area contributed by atoms with Crippen molar-refractivity contribution in [2.45, 2.75) is 38.1 Å². The standard InChI is InChI=1S/C24H34N2O3/c1-28-21-4-2-18(3-5-21)22(26-6-8-29-9-7-26)15-25-24(27)23-19-11-16-10-17(13-19)14-20(23)12-16/h2-5,16-17,19-20,22-23H,6-15H2,1H3,(H,25,27). The number of methoxy groups -OCH3 is 1. The number of hydrogen-bond acceptors (Lipinski definition) is 4. The van der Waals surface area contributed by atoms with E-state index in [-0.39, 0.29) is 12.0 Å². The van der Waals surface area contributed by atoms with Gasteiger partial charge in [-0.05, 0) is 73.5 Å². The molecular formula is C24H34N2O3. The van der Waals surface area contributed by atoms with E-state index in [2.05, 4.69) is 22.3 Å². The molecular weight excluding hydrogens is 364 g/mol. The number of ether oxygens (including phenoxy) is 2. The lowest BCUT2D eigenvalue weighted by molar-refractivity contribution is -0.138. The van der Waals surface area contributed by atoms with Gasteiger partial charge >= 0.3 is 0 Å². The molecule has 1 aliphatic heterocycles. The highest BCUT2D eigenvalue weighted by atomic mass is 16.5. The van der Waals surface area contributed by atoms with Gasteiger partial charge < -0.3 is 14.8 Å². The molecule has 158 valence electrons. The molecule has 0 aromatic heterocycles. The van der Waals surface area contributed by atoms with Crippen LogP contribution in [0.3, 0.4) is 0 Å². The van der Waals surface area contributed by atoms with E-state index in [0.717, 1.165) is 43.9 Å². The van der Waals surface area contributed by atoms with E-state index < -0.39 is 0 Å². The molecule has 1 unspecified atom stereocenters. The highest BCUT2D eigenvalue weighted by molar-refractivity contribution is 5.79. The van der Waals surface area contributed by atoms with Crippen LogP contribution in [-0.4, -0.2) is 50.8 Å². The number of benzene rings is 1. The van der Waals surface area contributed by atoms with Crippen LogP contribution >= 0.6 is 0 Å². The highest BCUT2D eigenvalue weighted by Gasteiger charge is 2.50. The summed E-state index contributed by atoms with van der Waals surface area (Å²) in [7, 11) is 1.69. The minimum Gasteiger partial charge on any atom is -0.497 e. The summed E-state index contributed by atoms with van der Waals surface area (Å²) in [4.78, 5) is 15.7. The Balaban J connectivity index is 1.28. The van der Waals surface area contributed by atoms with Crippen LogP contribution in [0.15, 0.2) is 24.3 Å². The Kier molecular flexibility index (Phi) is 5.53. The van der Waals surface area contributed by atoms with Gasteiger partial charge in [-0.2, -0.15) is 0 Å². The van der Waals surface area contributed by atoms with Gasteiger partial charge in [-0.15, -0.1) is 0 Å². The van der Waals surface area contributed by atoms with Crippen molar-refractivity contribution in [1.82, 2.24) is 10.2 Å². The van der Waals surface area contributed by atoms with E-state index in [1.54, 1.807) is 7.11 Å². The molecule has 1 atom stereocenters. The van der Waals surface area contributed by atoms with E-state index in [9.17, 15) is 4.79 Å². The second-order valence-corrected chi connectivity index (χ2v) is 9.64. The number of nitrogens with one attached hydrogen (secondary N) is 1. The Morgan fingerprint density at radius 3 is 2.28 bits per heavy atom. The quantitative estimate of drug-likeness (QED) is 0.799. The molecule has 29 heavy (non-hydrogen) atoms. The summed E-state index contributed by atoms with van der Waals surface area (Å²) in [6.07, 6.45) is 6.58. The molecule has 0 spiro atoms. The molecule has 4 bridgehead atoms. The number of rotatable bonds is 6. The third kappa shape index (κ3) is 3.91. The van der Waals surface area contributed by atoms with E-state index in [4.69, 9.17) is 9.47 Å². The second-order valence-electron chi connectivity index (χ2n) is 9.64. The maximum atomic E-state index is 13.3. The van der Waals surface area contributed by atoms with Crippen molar-refractivity contribution in [3.63, 3.8) is 0 Å². The van der Waals surface area contributed by atoms with Crippen molar-refractivity contribution in [2.75, 3.05) is 40.0 Å². The molecule has 1 aromatic carbocycles. The van der Waals surface area contributed by atoms with Crippen LogP contribution in [0.2, 0.25) is 0 Å². The predicted octanol–water partition coefficient (Wildman–Crippen LogP) is 3.26. The van der Waals surface area contributed by atoms with Crippen LogP contribution in [0.25, 0.3) is 0 Å². The average molecular weight is 399 g/mol. The van der Waals surface area contributed by atoms with Crippen molar-refractivity contribution in [2.24, 2.45) is 29.6 Å². The molecule has 6 rings (SSSR count). The number of hydrogen-bond donors (Lipinski definition) is 1. The number of carbonyl (C=O) groups excluding carboxylic acids is 1. The van der Waals surface area contributed by atoms with E-state index in [1.165, 1.54) is 37.7 Å². The lowest BCUT2D eigenvalue weighted by Gasteiger charge is -2.53.